The molecule has 0 radical (unpaired) electrons. The zero-order valence-electron chi connectivity index (χ0n) is 14.9. The van der Waals surface area contributed by atoms with Crippen molar-refractivity contribution in [3.05, 3.63) is 48.7 Å². The molecule has 134 valence electrons. The van der Waals surface area contributed by atoms with Crippen LogP contribution in [0.4, 0.5) is 0 Å². The van der Waals surface area contributed by atoms with Crippen molar-refractivity contribution in [1.29, 1.82) is 0 Å². The summed E-state index contributed by atoms with van der Waals surface area (Å²) in [6, 6.07) is 10.1. The summed E-state index contributed by atoms with van der Waals surface area (Å²) in [7, 11) is 0. The summed E-state index contributed by atoms with van der Waals surface area (Å²) in [6.45, 7) is 1.61. The molecule has 0 N–H and O–H groups in total. The van der Waals surface area contributed by atoms with Crippen LogP contribution < -0.4 is 4.74 Å². The van der Waals surface area contributed by atoms with E-state index in [0.717, 1.165) is 49.0 Å². The number of hydrogen-bond donors (Lipinski definition) is 0. The average Bonchev–Trinajstić information content (AvgIpc) is 3.32. The Hall–Kier alpha value is -2.36. The molecular weight excluding hydrogens is 324 g/mol. The number of para-hydroxylation sites is 1. The van der Waals surface area contributed by atoms with Crippen LogP contribution in [0.1, 0.15) is 25.7 Å². The summed E-state index contributed by atoms with van der Waals surface area (Å²) in [4.78, 5) is 19.4. The number of piperidine rings is 1. The van der Waals surface area contributed by atoms with Crippen molar-refractivity contribution >= 4 is 16.8 Å². The topological polar surface area (TPSA) is 42.4 Å². The molecule has 2 aromatic rings. The number of rotatable bonds is 3. The zero-order chi connectivity index (χ0) is 17.5. The highest BCUT2D eigenvalue weighted by Crippen LogP contribution is 2.44. The molecule has 2 heterocycles. The second-order valence-corrected chi connectivity index (χ2v) is 7.86. The molecule has 0 spiro atoms. The third kappa shape index (κ3) is 2.77. The van der Waals surface area contributed by atoms with Crippen molar-refractivity contribution in [3.63, 3.8) is 0 Å². The van der Waals surface area contributed by atoms with Crippen molar-refractivity contribution in [2.45, 2.75) is 31.8 Å². The Balaban J connectivity index is 1.22. The van der Waals surface area contributed by atoms with Crippen molar-refractivity contribution in [2.75, 3.05) is 13.1 Å². The molecule has 1 saturated carbocycles. The number of nitrogens with zero attached hydrogens (tertiary/aromatic N) is 2. The highest BCUT2D eigenvalue weighted by atomic mass is 16.5. The van der Waals surface area contributed by atoms with Crippen molar-refractivity contribution < 1.29 is 9.53 Å². The molecular formula is C22H24N2O2. The minimum Gasteiger partial charge on any atom is -0.488 e. The van der Waals surface area contributed by atoms with E-state index in [1.54, 1.807) is 6.20 Å². The van der Waals surface area contributed by atoms with E-state index in [4.69, 9.17) is 4.74 Å². The molecule has 4 nitrogen and oxygen atoms in total. The Bertz CT molecular complexity index is 849. The largest absolute Gasteiger partial charge is 0.488 e. The molecule has 2 bridgehead atoms. The Kier molecular flexibility index (Phi) is 3.92. The van der Waals surface area contributed by atoms with Crippen molar-refractivity contribution in [3.8, 4) is 5.75 Å². The van der Waals surface area contributed by atoms with E-state index in [-0.39, 0.29) is 12.0 Å². The fourth-order valence-corrected chi connectivity index (χ4v) is 4.84. The van der Waals surface area contributed by atoms with Crippen molar-refractivity contribution in [1.82, 2.24) is 9.88 Å². The highest BCUT2D eigenvalue weighted by molar-refractivity contribution is 5.84. The van der Waals surface area contributed by atoms with Crippen LogP contribution in [0.15, 0.2) is 48.7 Å². The van der Waals surface area contributed by atoms with Gasteiger partial charge < -0.3 is 9.64 Å². The zero-order valence-corrected chi connectivity index (χ0v) is 14.9. The molecule has 26 heavy (non-hydrogen) atoms. The maximum absolute atomic E-state index is 12.9. The summed E-state index contributed by atoms with van der Waals surface area (Å²) in [5.74, 6) is 2.58. The van der Waals surface area contributed by atoms with Gasteiger partial charge in [0, 0.05) is 43.4 Å². The number of amides is 1. The van der Waals surface area contributed by atoms with E-state index < -0.39 is 0 Å². The summed E-state index contributed by atoms with van der Waals surface area (Å²) >= 11 is 0. The average molecular weight is 348 g/mol. The maximum atomic E-state index is 12.9. The van der Waals surface area contributed by atoms with E-state index in [0.29, 0.717) is 17.7 Å². The molecule has 1 amide bonds. The van der Waals surface area contributed by atoms with E-state index in [1.165, 1.54) is 6.42 Å². The Morgan fingerprint density at radius 1 is 1.08 bits per heavy atom. The minimum atomic E-state index is 0.159. The third-order valence-corrected chi connectivity index (χ3v) is 6.24. The van der Waals surface area contributed by atoms with Crippen LogP contribution in [0.3, 0.4) is 0 Å². The lowest BCUT2D eigenvalue weighted by molar-refractivity contribution is -0.138. The monoisotopic (exact) mass is 348 g/mol. The first-order valence-electron chi connectivity index (χ1n) is 9.75. The lowest BCUT2D eigenvalue weighted by Gasteiger charge is -2.35. The van der Waals surface area contributed by atoms with Gasteiger partial charge in [-0.25, -0.2) is 0 Å². The van der Waals surface area contributed by atoms with Gasteiger partial charge in [-0.1, -0.05) is 30.4 Å². The number of benzene rings is 1. The van der Waals surface area contributed by atoms with Gasteiger partial charge in [0.1, 0.15) is 17.4 Å². The number of carbonyl (C=O) groups is 1. The van der Waals surface area contributed by atoms with Crippen LogP contribution in [0.2, 0.25) is 0 Å². The van der Waals surface area contributed by atoms with Crippen LogP contribution in [-0.4, -0.2) is 35.0 Å². The van der Waals surface area contributed by atoms with E-state index in [9.17, 15) is 4.79 Å². The van der Waals surface area contributed by atoms with E-state index in [1.807, 2.05) is 18.2 Å². The van der Waals surface area contributed by atoms with Gasteiger partial charge in [-0.3, -0.25) is 9.78 Å². The quantitative estimate of drug-likeness (QED) is 0.792. The Morgan fingerprint density at radius 2 is 1.92 bits per heavy atom. The van der Waals surface area contributed by atoms with Crippen LogP contribution >= 0.6 is 0 Å². The molecule has 1 aromatic heterocycles. The SMILES string of the molecule is O=C(C1CC2C=CC1C2)N1CCC(Oc2cccc3cccnc23)CC1. The first-order chi connectivity index (χ1) is 12.8. The molecule has 3 atom stereocenters. The summed E-state index contributed by atoms with van der Waals surface area (Å²) in [5, 5.41) is 1.10. The minimum absolute atomic E-state index is 0.159. The van der Waals surface area contributed by atoms with Gasteiger partial charge in [-0.2, -0.15) is 0 Å². The van der Waals surface area contributed by atoms with Gasteiger partial charge in [0.2, 0.25) is 5.91 Å². The summed E-state index contributed by atoms with van der Waals surface area (Å²) in [6.07, 6.45) is 10.6. The molecule has 1 aromatic carbocycles. The lowest BCUT2D eigenvalue weighted by Crippen LogP contribution is -2.45. The second kappa shape index (κ2) is 6.42. The van der Waals surface area contributed by atoms with Crippen LogP contribution in [0.25, 0.3) is 10.9 Å². The predicted octanol–water partition coefficient (Wildman–Crippen LogP) is 3.82. The summed E-state index contributed by atoms with van der Waals surface area (Å²) < 4.78 is 6.26. The van der Waals surface area contributed by atoms with Gasteiger partial charge in [0.05, 0.1) is 0 Å². The number of pyridine rings is 1. The molecule has 1 aliphatic heterocycles. The van der Waals surface area contributed by atoms with Crippen LogP contribution in [0.5, 0.6) is 5.75 Å². The molecule has 2 fully saturated rings. The predicted molar refractivity (Wildman–Crippen MR) is 101 cm³/mol. The fraction of sp³-hybridized carbons (Fsp3) is 0.455. The van der Waals surface area contributed by atoms with E-state index in [2.05, 4.69) is 34.2 Å². The van der Waals surface area contributed by atoms with Crippen LogP contribution in [0, 0.1) is 17.8 Å². The molecule has 1 saturated heterocycles. The normalized spacial score (nSPS) is 28.0. The standard InChI is InChI=1S/C22H24N2O2/c25-22(19-14-15-6-7-17(19)13-15)24-11-8-18(9-12-24)26-20-5-1-3-16-4-2-10-23-21(16)20/h1-7,10,15,17-19H,8-9,11-14H2. The molecule has 5 rings (SSSR count). The van der Waals surface area contributed by atoms with Gasteiger partial charge in [0.15, 0.2) is 0 Å². The third-order valence-electron chi connectivity index (χ3n) is 6.24. The smallest absolute Gasteiger partial charge is 0.226 e. The van der Waals surface area contributed by atoms with Gasteiger partial charge in [-0.05, 0) is 36.8 Å². The molecule has 2 aliphatic carbocycles. The first kappa shape index (κ1) is 15.9. The molecule has 4 heteroatoms. The second-order valence-electron chi connectivity index (χ2n) is 7.86. The number of hydrogen-bond acceptors (Lipinski definition) is 3. The number of carbonyl (C=O) groups excluding carboxylic acids is 1. The van der Waals surface area contributed by atoms with Crippen LogP contribution in [-0.2, 0) is 4.79 Å². The number of fused-ring (bicyclic) bond motifs is 3. The lowest BCUT2D eigenvalue weighted by atomic mass is 9.91. The molecule has 3 aliphatic rings. The number of ether oxygens (including phenoxy) is 1. The van der Waals surface area contributed by atoms with Crippen molar-refractivity contribution in [2.24, 2.45) is 17.8 Å². The van der Waals surface area contributed by atoms with Gasteiger partial charge in [-0.15, -0.1) is 0 Å². The highest BCUT2D eigenvalue weighted by Gasteiger charge is 2.42. The molecule has 3 unspecified atom stereocenters. The number of aromatic nitrogens is 1. The fourth-order valence-electron chi connectivity index (χ4n) is 4.84. The van der Waals surface area contributed by atoms with E-state index >= 15 is 0 Å². The number of allylic oxidation sites excluding steroid dienone is 2. The Morgan fingerprint density at radius 3 is 2.69 bits per heavy atom. The summed E-state index contributed by atoms with van der Waals surface area (Å²) in [5.41, 5.74) is 0.919. The number of likely N-dealkylation sites (tertiary alicyclic amines) is 1. The van der Waals surface area contributed by atoms with Gasteiger partial charge >= 0.3 is 0 Å². The van der Waals surface area contributed by atoms with Gasteiger partial charge in [0.25, 0.3) is 0 Å². The Labute approximate surface area is 153 Å². The first-order valence-corrected chi connectivity index (χ1v) is 9.75. The maximum Gasteiger partial charge on any atom is 0.226 e.